The monoisotopic (exact) mass is 322 g/mol. The van der Waals surface area contributed by atoms with Crippen LogP contribution in [0.3, 0.4) is 0 Å². The van der Waals surface area contributed by atoms with Crippen LogP contribution in [0.1, 0.15) is 15.2 Å². The number of nitrogens with one attached hydrogen (secondary N) is 1. The average Bonchev–Trinajstić information content (AvgIpc) is 2.99. The van der Waals surface area contributed by atoms with Gasteiger partial charge in [-0.1, -0.05) is 17.8 Å². The van der Waals surface area contributed by atoms with Gasteiger partial charge in [0.2, 0.25) is 5.91 Å². The predicted octanol–water partition coefficient (Wildman–Crippen LogP) is 2.29. The normalized spacial score (nSPS) is 10.3. The second-order valence-corrected chi connectivity index (χ2v) is 6.18. The summed E-state index contributed by atoms with van der Waals surface area (Å²) in [6.07, 6.45) is 2.25. The third-order valence-corrected chi connectivity index (χ3v) is 4.47. The van der Waals surface area contributed by atoms with Crippen molar-refractivity contribution in [3.63, 3.8) is 0 Å². The van der Waals surface area contributed by atoms with Crippen LogP contribution in [-0.2, 0) is 11.2 Å². The van der Waals surface area contributed by atoms with Gasteiger partial charge in [0.05, 0.1) is 16.3 Å². The SMILES string of the molecule is O=C(CSc1cc(C(=O)O)ccn1)NCCc1cccs1. The molecule has 0 aliphatic carbocycles. The van der Waals surface area contributed by atoms with Gasteiger partial charge in [-0.15, -0.1) is 11.3 Å². The molecule has 0 aromatic carbocycles. The van der Waals surface area contributed by atoms with E-state index in [2.05, 4.69) is 10.3 Å². The molecule has 0 aliphatic rings. The highest BCUT2D eigenvalue weighted by Gasteiger charge is 2.07. The number of pyridine rings is 1. The molecule has 0 bridgehead atoms. The van der Waals surface area contributed by atoms with Crippen molar-refractivity contribution in [3.8, 4) is 0 Å². The number of thiophene rings is 1. The minimum absolute atomic E-state index is 0.0842. The van der Waals surface area contributed by atoms with Gasteiger partial charge in [0.25, 0.3) is 0 Å². The molecular formula is C14H14N2O3S2. The Labute approximate surface area is 130 Å². The van der Waals surface area contributed by atoms with Crippen molar-refractivity contribution in [2.75, 3.05) is 12.3 Å². The summed E-state index contributed by atoms with van der Waals surface area (Å²) in [6, 6.07) is 6.91. The second kappa shape index (κ2) is 7.80. The van der Waals surface area contributed by atoms with Crippen molar-refractivity contribution in [1.82, 2.24) is 10.3 Å². The smallest absolute Gasteiger partial charge is 0.335 e. The lowest BCUT2D eigenvalue weighted by Crippen LogP contribution is -2.27. The van der Waals surface area contributed by atoms with Crippen LogP contribution in [0.2, 0.25) is 0 Å². The van der Waals surface area contributed by atoms with Crippen LogP contribution in [0.4, 0.5) is 0 Å². The first-order chi connectivity index (χ1) is 10.1. The molecule has 2 rings (SSSR count). The topological polar surface area (TPSA) is 79.3 Å². The van der Waals surface area contributed by atoms with Gasteiger partial charge in [0, 0.05) is 17.6 Å². The van der Waals surface area contributed by atoms with E-state index in [0.717, 1.165) is 6.42 Å². The van der Waals surface area contributed by atoms with E-state index in [4.69, 9.17) is 5.11 Å². The second-order valence-electron chi connectivity index (χ2n) is 4.16. The Bertz CT molecular complexity index is 614. The molecule has 0 saturated heterocycles. The van der Waals surface area contributed by atoms with Crippen LogP contribution >= 0.6 is 23.1 Å². The van der Waals surface area contributed by atoms with E-state index >= 15 is 0 Å². The number of nitrogens with zero attached hydrogens (tertiary/aromatic N) is 1. The Balaban J connectivity index is 1.73. The largest absolute Gasteiger partial charge is 0.478 e. The summed E-state index contributed by atoms with van der Waals surface area (Å²) < 4.78 is 0. The molecule has 1 amide bonds. The molecule has 0 fully saturated rings. The van der Waals surface area contributed by atoms with Gasteiger partial charge in [-0.25, -0.2) is 9.78 Å². The summed E-state index contributed by atoms with van der Waals surface area (Å²) in [6.45, 7) is 0.600. The van der Waals surface area contributed by atoms with E-state index in [1.807, 2.05) is 17.5 Å². The molecule has 0 saturated carbocycles. The molecule has 0 atom stereocenters. The number of aromatic carboxylic acids is 1. The summed E-state index contributed by atoms with van der Waals surface area (Å²) in [5.41, 5.74) is 0.172. The highest BCUT2D eigenvalue weighted by Crippen LogP contribution is 2.16. The Hall–Kier alpha value is -1.86. The predicted molar refractivity (Wildman–Crippen MR) is 83.0 cm³/mol. The number of thioether (sulfide) groups is 1. The van der Waals surface area contributed by atoms with Gasteiger partial charge in [-0.3, -0.25) is 4.79 Å². The van der Waals surface area contributed by atoms with E-state index in [1.165, 1.54) is 35.0 Å². The molecule has 2 aromatic heterocycles. The van der Waals surface area contributed by atoms with Crippen LogP contribution in [0, 0.1) is 0 Å². The molecular weight excluding hydrogens is 308 g/mol. The van der Waals surface area contributed by atoms with Crippen molar-refractivity contribution in [2.45, 2.75) is 11.4 Å². The molecule has 5 nitrogen and oxygen atoms in total. The maximum atomic E-state index is 11.7. The zero-order valence-electron chi connectivity index (χ0n) is 11.1. The first-order valence-electron chi connectivity index (χ1n) is 6.26. The number of carbonyl (C=O) groups is 2. The maximum absolute atomic E-state index is 11.7. The standard InChI is InChI=1S/C14H14N2O3S2/c17-12(15-6-4-11-2-1-7-20-11)9-21-13-8-10(14(18)19)3-5-16-13/h1-3,5,7-8H,4,6,9H2,(H,15,17)(H,18,19). The van der Waals surface area contributed by atoms with Gasteiger partial charge >= 0.3 is 5.97 Å². The van der Waals surface area contributed by atoms with Crippen molar-refractivity contribution in [1.29, 1.82) is 0 Å². The van der Waals surface area contributed by atoms with Crippen LogP contribution in [-0.4, -0.2) is 34.3 Å². The minimum atomic E-state index is -1.00. The number of amides is 1. The Kier molecular flexibility index (Phi) is 5.77. The Morgan fingerprint density at radius 1 is 1.38 bits per heavy atom. The number of aromatic nitrogens is 1. The molecule has 2 aromatic rings. The summed E-state index contributed by atoms with van der Waals surface area (Å²) in [5.74, 6) is -0.862. The highest BCUT2D eigenvalue weighted by molar-refractivity contribution is 7.99. The van der Waals surface area contributed by atoms with Crippen molar-refractivity contribution in [2.24, 2.45) is 0 Å². The summed E-state index contributed by atoms with van der Waals surface area (Å²) in [4.78, 5) is 27.8. The van der Waals surface area contributed by atoms with Gasteiger partial charge in [0.15, 0.2) is 0 Å². The van der Waals surface area contributed by atoms with Crippen molar-refractivity contribution >= 4 is 35.0 Å². The van der Waals surface area contributed by atoms with Crippen LogP contribution in [0.5, 0.6) is 0 Å². The molecule has 0 radical (unpaired) electrons. The number of carboxylic acids is 1. The van der Waals surface area contributed by atoms with Crippen molar-refractivity contribution in [3.05, 3.63) is 46.3 Å². The van der Waals surface area contributed by atoms with E-state index in [1.54, 1.807) is 11.3 Å². The quantitative estimate of drug-likeness (QED) is 0.765. The first kappa shape index (κ1) is 15.5. The molecule has 21 heavy (non-hydrogen) atoms. The molecule has 0 spiro atoms. The zero-order valence-corrected chi connectivity index (χ0v) is 12.7. The lowest BCUT2D eigenvalue weighted by molar-refractivity contribution is -0.118. The van der Waals surface area contributed by atoms with E-state index < -0.39 is 5.97 Å². The number of hydrogen-bond acceptors (Lipinski definition) is 5. The Morgan fingerprint density at radius 2 is 2.24 bits per heavy atom. The average molecular weight is 322 g/mol. The van der Waals surface area contributed by atoms with Crippen LogP contribution in [0.25, 0.3) is 0 Å². The third kappa shape index (κ3) is 5.20. The summed E-state index contributed by atoms with van der Waals surface area (Å²) in [5, 5.41) is 14.2. The lowest BCUT2D eigenvalue weighted by atomic mass is 10.3. The fourth-order valence-electron chi connectivity index (χ4n) is 1.59. The lowest BCUT2D eigenvalue weighted by Gasteiger charge is -2.04. The van der Waals surface area contributed by atoms with Crippen molar-refractivity contribution < 1.29 is 14.7 Å². The highest BCUT2D eigenvalue weighted by atomic mass is 32.2. The van der Waals surface area contributed by atoms with Gasteiger partial charge in [-0.05, 0) is 30.0 Å². The third-order valence-electron chi connectivity index (χ3n) is 2.61. The molecule has 7 heteroatoms. The summed E-state index contributed by atoms with van der Waals surface area (Å²) >= 11 is 2.89. The summed E-state index contributed by atoms with van der Waals surface area (Å²) in [7, 11) is 0. The number of hydrogen-bond donors (Lipinski definition) is 2. The van der Waals surface area contributed by atoms with Gasteiger partial charge in [0.1, 0.15) is 0 Å². The zero-order chi connectivity index (χ0) is 15.1. The fourth-order valence-corrected chi connectivity index (χ4v) is 3.03. The molecule has 2 N–H and O–H groups in total. The molecule has 0 aliphatic heterocycles. The van der Waals surface area contributed by atoms with Crippen LogP contribution < -0.4 is 5.32 Å². The Morgan fingerprint density at radius 3 is 2.95 bits per heavy atom. The number of carbonyl (C=O) groups excluding carboxylic acids is 1. The van der Waals surface area contributed by atoms with E-state index in [0.29, 0.717) is 11.6 Å². The fraction of sp³-hybridized carbons (Fsp3) is 0.214. The van der Waals surface area contributed by atoms with E-state index in [9.17, 15) is 9.59 Å². The maximum Gasteiger partial charge on any atom is 0.335 e. The molecule has 2 heterocycles. The minimum Gasteiger partial charge on any atom is -0.478 e. The molecule has 0 unspecified atom stereocenters. The first-order valence-corrected chi connectivity index (χ1v) is 8.13. The van der Waals surface area contributed by atoms with Gasteiger partial charge < -0.3 is 10.4 Å². The number of rotatable bonds is 7. The van der Waals surface area contributed by atoms with Gasteiger partial charge in [-0.2, -0.15) is 0 Å². The molecule has 110 valence electrons. The van der Waals surface area contributed by atoms with E-state index in [-0.39, 0.29) is 17.2 Å². The van der Waals surface area contributed by atoms with Crippen LogP contribution in [0.15, 0.2) is 40.9 Å². The number of carboxylic acid groups (broad SMARTS) is 1.